The number of aryl methyl sites for hydroxylation is 2. The molecule has 18 heavy (non-hydrogen) atoms. The van der Waals surface area contributed by atoms with Gasteiger partial charge in [-0.15, -0.1) is 11.3 Å². The van der Waals surface area contributed by atoms with Gasteiger partial charge in [0.25, 0.3) is 0 Å². The average molecular weight is 257 g/mol. The summed E-state index contributed by atoms with van der Waals surface area (Å²) in [5.74, 6) is 0. The molecular weight excluding hydrogens is 238 g/mol. The van der Waals surface area contributed by atoms with E-state index in [4.69, 9.17) is 0 Å². The van der Waals surface area contributed by atoms with Crippen LogP contribution in [0.15, 0.2) is 35.7 Å². The molecule has 1 N–H and O–H groups in total. The van der Waals surface area contributed by atoms with Gasteiger partial charge in [-0.3, -0.25) is 0 Å². The Balaban J connectivity index is 1.69. The van der Waals surface area contributed by atoms with Gasteiger partial charge in [-0.2, -0.15) is 0 Å². The maximum Gasteiger partial charge on any atom is 0.0329 e. The third kappa shape index (κ3) is 2.23. The van der Waals surface area contributed by atoms with Crippen LogP contribution >= 0.6 is 11.3 Å². The highest BCUT2D eigenvalue weighted by Gasteiger charge is 2.21. The quantitative estimate of drug-likeness (QED) is 0.870. The second kappa shape index (κ2) is 5.25. The second-order valence-electron chi connectivity index (χ2n) is 4.89. The number of rotatable bonds is 4. The first-order valence-corrected chi connectivity index (χ1v) is 7.63. The predicted octanol–water partition coefficient (Wildman–Crippen LogP) is 4.09. The van der Waals surface area contributed by atoms with Crippen LogP contribution in [0.1, 0.15) is 41.0 Å². The van der Waals surface area contributed by atoms with Gasteiger partial charge in [0.05, 0.1) is 0 Å². The van der Waals surface area contributed by atoms with Crippen LogP contribution in [0.3, 0.4) is 0 Å². The molecule has 1 aliphatic carbocycles. The van der Waals surface area contributed by atoms with Crippen molar-refractivity contribution in [2.24, 2.45) is 0 Å². The minimum Gasteiger partial charge on any atom is -0.305 e. The molecule has 1 atom stereocenters. The summed E-state index contributed by atoms with van der Waals surface area (Å²) in [6.07, 6.45) is 3.60. The summed E-state index contributed by atoms with van der Waals surface area (Å²) in [6.45, 7) is 3.25. The summed E-state index contributed by atoms with van der Waals surface area (Å²) in [5.41, 5.74) is 4.53. The van der Waals surface area contributed by atoms with Gasteiger partial charge in [0.1, 0.15) is 0 Å². The van der Waals surface area contributed by atoms with Gasteiger partial charge in [-0.25, -0.2) is 0 Å². The minimum absolute atomic E-state index is 0.549. The molecule has 2 heteroatoms. The Kier molecular flexibility index (Phi) is 3.48. The summed E-state index contributed by atoms with van der Waals surface area (Å²) in [7, 11) is 0. The van der Waals surface area contributed by atoms with Crippen LogP contribution in [-0.2, 0) is 19.4 Å². The number of hydrogen-bond donors (Lipinski definition) is 1. The molecule has 0 spiro atoms. The number of nitrogens with one attached hydrogen (secondary N) is 1. The van der Waals surface area contributed by atoms with E-state index in [1.165, 1.54) is 34.4 Å². The fourth-order valence-electron chi connectivity index (χ4n) is 2.82. The Labute approximate surface area is 113 Å². The highest BCUT2D eigenvalue weighted by atomic mass is 32.1. The Morgan fingerprint density at radius 1 is 1.28 bits per heavy atom. The normalized spacial score (nSPS) is 17.9. The number of fused-ring (bicyclic) bond motifs is 1. The van der Waals surface area contributed by atoms with Crippen LogP contribution in [0.25, 0.3) is 0 Å². The molecule has 1 nitrogen and oxygen atoms in total. The highest BCUT2D eigenvalue weighted by Crippen LogP contribution is 2.31. The lowest BCUT2D eigenvalue weighted by atomic mass is 10.1. The number of benzene rings is 1. The molecule has 0 bridgehead atoms. The zero-order valence-corrected chi connectivity index (χ0v) is 11.6. The van der Waals surface area contributed by atoms with Crippen molar-refractivity contribution in [2.75, 3.05) is 0 Å². The lowest BCUT2D eigenvalue weighted by molar-refractivity contribution is 0.532. The first kappa shape index (κ1) is 11.9. The van der Waals surface area contributed by atoms with Crippen molar-refractivity contribution in [1.29, 1.82) is 0 Å². The predicted molar refractivity (Wildman–Crippen MR) is 78.0 cm³/mol. The van der Waals surface area contributed by atoms with E-state index in [9.17, 15) is 0 Å². The van der Waals surface area contributed by atoms with Gasteiger partial charge in [0.15, 0.2) is 0 Å². The minimum atomic E-state index is 0.549. The molecule has 1 aromatic carbocycles. The second-order valence-corrected chi connectivity index (χ2v) is 5.89. The summed E-state index contributed by atoms with van der Waals surface area (Å²) in [6, 6.07) is 11.6. The van der Waals surface area contributed by atoms with Gasteiger partial charge in [0, 0.05) is 17.5 Å². The highest BCUT2D eigenvalue weighted by molar-refractivity contribution is 7.10. The molecule has 1 aliphatic rings. The summed E-state index contributed by atoms with van der Waals surface area (Å²) in [5, 5.41) is 5.93. The smallest absolute Gasteiger partial charge is 0.0329 e. The lowest BCUT2D eigenvalue weighted by Gasteiger charge is -2.14. The molecule has 1 heterocycles. The molecule has 0 saturated carbocycles. The third-order valence-electron chi connectivity index (χ3n) is 3.86. The van der Waals surface area contributed by atoms with Crippen molar-refractivity contribution in [2.45, 2.75) is 38.8 Å². The Hall–Kier alpha value is -1.12. The molecule has 0 fully saturated rings. The van der Waals surface area contributed by atoms with Crippen molar-refractivity contribution in [3.63, 3.8) is 0 Å². The summed E-state index contributed by atoms with van der Waals surface area (Å²) >= 11 is 1.88. The molecule has 0 radical (unpaired) electrons. The van der Waals surface area contributed by atoms with Gasteiger partial charge in [-0.05, 0) is 47.4 Å². The van der Waals surface area contributed by atoms with Crippen LogP contribution in [-0.4, -0.2) is 0 Å². The van der Waals surface area contributed by atoms with E-state index >= 15 is 0 Å². The molecular formula is C16H19NS. The molecule has 94 valence electrons. The zero-order valence-electron chi connectivity index (χ0n) is 10.8. The third-order valence-corrected chi connectivity index (χ3v) is 4.82. The van der Waals surface area contributed by atoms with E-state index in [2.05, 4.69) is 48.0 Å². The fraction of sp³-hybridized carbons (Fsp3) is 0.375. The number of hydrogen-bond acceptors (Lipinski definition) is 2. The maximum absolute atomic E-state index is 3.73. The molecule has 0 amide bonds. The Bertz CT molecular complexity index is 529. The van der Waals surface area contributed by atoms with E-state index in [1.54, 1.807) is 0 Å². The fourth-order valence-corrected chi connectivity index (χ4v) is 3.75. The van der Waals surface area contributed by atoms with Crippen molar-refractivity contribution >= 4 is 11.3 Å². The van der Waals surface area contributed by atoms with Gasteiger partial charge < -0.3 is 5.32 Å². The number of thiophene rings is 1. The van der Waals surface area contributed by atoms with Crippen LogP contribution < -0.4 is 5.32 Å². The van der Waals surface area contributed by atoms with Gasteiger partial charge in [-0.1, -0.05) is 31.2 Å². The van der Waals surface area contributed by atoms with E-state index < -0.39 is 0 Å². The van der Waals surface area contributed by atoms with Crippen molar-refractivity contribution in [3.8, 4) is 0 Å². The SMILES string of the molecule is CCc1ccsc1CNC1CCc2ccccc21. The summed E-state index contributed by atoms with van der Waals surface area (Å²) < 4.78 is 0. The molecule has 2 aromatic rings. The summed E-state index contributed by atoms with van der Waals surface area (Å²) in [4.78, 5) is 1.50. The Morgan fingerprint density at radius 3 is 3.06 bits per heavy atom. The molecule has 1 unspecified atom stereocenters. The van der Waals surface area contributed by atoms with Crippen LogP contribution in [0.2, 0.25) is 0 Å². The van der Waals surface area contributed by atoms with Crippen LogP contribution in [0, 0.1) is 0 Å². The topological polar surface area (TPSA) is 12.0 Å². The van der Waals surface area contributed by atoms with E-state index in [-0.39, 0.29) is 0 Å². The largest absolute Gasteiger partial charge is 0.305 e. The van der Waals surface area contributed by atoms with Crippen molar-refractivity contribution < 1.29 is 0 Å². The van der Waals surface area contributed by atoms with Gasteiger partial charge in [0.2, 0.25) is 0 Å². The molecule has 3 rings (SSSR count). The lowest BCUT2D eigenvalue weighted by Crippen LogP contribution is -2.18. The van der Waals surface area contributed by atoms with E-state index in [0.717, 1.165) is 13.0 Å². The molecule has 0 aliphatic heterocycles. The molecule has 0 saturated heterocycles. The van der Waals surface area contributed by atoms with E-state index in [0.29, 0.717) is 6.04 Å². The zero-order chi connectivity index (χ0) is 12.4. The first-order valence-electron chi connectivity index (χ1n) is 6.75. The van der Waals surface area contributed by atoms with Crippen molar-refractivity contribution in [3.05, 3.63) is 57.3 Å². The van der Waals surface area contributed by atoms with Crippen molar-refractivity contribution in [1.82, 2.24) is 5.32 Å². The van der Waals surface area contributed by atoms with Gasteiger partial charge >= 0.3 is 0 Å². The van der Waals surface area contributed by atoms with Crippen LogP contribution in [0.5, 0.6) is 0 Å². The Morgan fingerprint density at radius 2 is 2.17 bits per heavy atom. The maximum atomic E-state index is 3.73. The average Bonchev–Trinajstić information content (AvgIpc) is 3.02. The monoisotopic (exact) mass is 257 g/mol. The standard InChI is InChI=1S/C16H19NS/c1-2-12-9-10-18-16(12)11-17-15-8-7-13-5-3-4-6-14(13)15/h3-6,9-10,15,17H,2,7-8,11H2,1H3. The van der Waals surface area contributed by atoms with E-state index in [1.807, 2.05) is 11.3 Å². The first-order chi connectivity index (χ1) is 8.88. The van der Waals surface area contributed by atoms with Crippen LogP contribution in [0.4, 0.5) is 0 Å². The molecule has 1 aromatic heterocycles.